The third kappa shape index (κ3) is 4.42. The lowest BCUT2D eigenvalue weighted by atomic mass is 10.0. The number of hydrogen-bond donors (Lipinski definition) is 1. The molecule has 1 amide bonds. The van der Waals surface area contributed by atoms with E-state index in [0.29, 0.717) is 6.54 Å². The van der Waals surface area contributed by atoms with Gasteiger partial charge in [-0.25, -0.2) is 0 Å². The van der Waals surface area contributed by atoms with E-state index in [-0.39, 0.29) is 11.8 Å². The number of amides is 1. The summed E-state index contributed by atoms with van der Waals surface area (Å²) in [6.45, 7) is 9.84. The van der Waals surface area contributed by atoms with Crippen LogP contribution >= 0.6 is 0 Å². The zero-order valence-electron chi connectivity index (χ0n) is 10.7. The van der Waals surface area contributed by atoms with Crippen LogP contribution < -0.4 is 5.32 Å². The van der Waals surface area contributed by atoms with Gasteiger partial charge >= 0.3 is 0 Å². The van der Waals surface area contributed by atoms with Crippen molar-refractivity contribution in [3.05, 3.63) is 72.9 Å². The molecule has 0 aliphatic heterocycles. The normalized spacial score (nSPS) is 12.1. The molecular weight excluding hydrogens is 222 g/mol. The zero-order chi connectivity index (χ0) is 13.4. The van der Waals surface area contributed by atoms with Gasteiger partial charge in [-0.3, -0.25) is 4.79 Å². The summed E-state index contributed by atoms with van der Waals surface area (Å²) < 4.78 is 0. The van der Waals surface area contributed by atoms with Crippen LogP contribution in [0.25, 0.3) is 0 Å². The van der Waals surface area contributed by atoms with Crippen LogP contribution in [0.1, 0.15) is 12.5 Å². The molecule has 1 rings (SSSR count). The molecule has 0 radical (unpaired) electrons. The Kier molecular flexibility index (Phi) is 5.65. The summed E-state index contributed by atoms with van der Waals surface area (Å²) in [5, 5.41) is 2.90. The Balaban J connectivity index is 2.48. The number of carbonyl (C=O) groups excluding carboxylic acids is 1. The highest BCUT2D eigenvalue weighted by atomic mass is 16.1. The van der Waals surface area contributed by atoms with E-state index in [1.165, 1.54) is 0 Å². The lowest BCUT2D eigenvalue weighted by molar-refractivity contribution is -0.123. The molecule has 0 spiro atoms. The maximum Gasteiger partial charge on any atom is 0.227 e. The van der Waals surface area contributed by atoms with E-state index in [4.69, 9.17) is 0 Å². The van der Waals surface area contributed by atoms with Gasteiger partial charge in [0.25, 0.3) is 0 Å². The molecule has 0 saturated carbocycles. The van der Waals surface area contributed by atoms with E-state index in [1.54, 1.807) is 18.2 Å². The fourth-order valence-corrected chi connectivity index (χ4v) is 1.44. The molecular formula is C16H19NO. The molecule has 1 unspecified atom stereocenters. The molecule has 0 heterocycles. The van der Waals surface area contributed by atoms with Crippen LogP contribution in [0.4, 0.5) is 0 Å². The number of carbonyl (C=O) groups is 1. The van der Waals surface area contributed by atoms with Crippen LogP contribution in [-0.4, -0.2) is 5.91 Å². The van der Waals surface area contributed by atoms with Gasteiger partial charge in [-0.05, 0) is 18.1 Å². The van der Waals surface area contributed by atoms with Gasteiger partial charge in [0.1, 0.15) is 0 Å². The average Bonchev–Trinajstić information content (AvgIpc) is 2.42. The first kappa shape index (κ1) is 14.0. The summed E-state index contributed by atoms with van der Waals surface area (Å²) in [4.78, 5) is 11.9. The molecule has 18 heavy (non-hydrogen) atoms. The molecule has 2 nitrogen and oxygen atoms in total. The Hall–Kier alpha value is -2.09. The van der Waals surface area contributed by atoms with Gasteiger partial charge in [0.15, 0.2) is 0 Å². The highest BCUT2D eigenvalue weighted by Gasteiger charge is 2.13. The first-order chi connectivity index (χ1) is 8.65. The van der Waals surface area contributed by atoms with Crippen LogP contribution in [0, 0.1) is 5.92 Å². The molecule has 94 valence electrons. The zero-order valence-corrected chi connectivity index (χ0v) is 10.7. The summed E-state index contributed by atoms with van der Waals surface area (Å²) in [5.41, 5.74) is 1.87. The predicted octanol–water partition coefficient (Wildman–Crippen LogP) is 3.24. The van der Waals surface area contributed by atoms with Gasteiger partial charge in [0, 0.05) is 6.54 Å². The standard InChI is InChI=1S/C16H19NO/c1-4-5-9-13(2)14(3)16(18)17-12-15-10-7-6-8-11-15/h4-11,14H,1-2,12H2,3H3,(H,17,18)/b9-5-. The van der Waals surface area contributed by atoms with Gasteiger partial charge in [-0.15, -0.1) is 0 Å². The Morgan fingerprint density at radius 1 is 1.39 bits per heavy atom. The van der Waals surface area contributed by atoms with E-state index < -0.39 is 0 Å². The van der Waals surface area contributed by atoms with E-state index in [2.05, 4.69) is 18.5 Å². The summed E-state index contributed by atoms with van der Waals surface area (Å²) in [6, 6.07) is 9.83. The highest BCUT2D eigenvalue weighted by Crippen LogP contribution is 2.10. The molecule has 1 aromatic carbocycles. The quantitative estimate of drug-likeness (QED) is 0.761. The molecule has 0 bridgehead atoms. The Bertz CT molecular complexity index is 445. The fraction of sp³-hybridized carbons (Fsp3) is 0.188. The van der Waals surface area contributed by atoms with Gasteiger partial charge in [-0.2, -0.15) is 0 Å². The number of benzene rings is 1. The molecule has 0 aliphatic rings. The summed E-state index contributed by atoms with van der Waals surface area (Å²) >= 11 is 0. The van der Waals surface area contributed by atoms with Crippen LogP contribution in [0.3, 0.4) is 0 Å². The number of nitrogens with one attached hydrogen (secondary N) is 1. The Morgan fingerprint density at radius 3 is 2.67 bits per heavy atom. The molecule has 1 atom stereocenters. The van der Waals surface area contributed by atoms with Crippen molar-refractivity contribution in [3.63, 3.8) is 0 Å². The minimum atomic E-state index is -0.232. The van der Waals surface area contributed by atoms with Crippen molar-refractivity contribution in [3.8, 4) is 0 Å². The van der Waals surface area contributed by atoms with Crippen LogP contribution in [0.5, 0.6) is 0 Å². The van der Waals surface area contributed by atoms with Crippen molar-refractivity contribution in [2.24, 2.45) is 5.92 Å². The molecule has 1 aromatic rings. The second-order valence-electron chi connectivity index (χ2n) is 4.09. The number of rotatable bonds is 6. The van der Waals surface area contributed by atoms with Crippen molar-refractivity contribution in [2.75, 3.05) is 0 Å². The molecule has 2 heteroatoms. The van der Waals surface area contributed by atoms with Crippen LogP contribution in [0.2, 0.25) is 0 Å². The van der Waals surface area contributed by atoms with Gasteiger partial charge in [0.2, 0.25) is 5.91 Å². The second-order valence-corrected chi connectivity index (χ2v) is 4.09. The van der Waals surface area contributed by atoms with E-state index >= 15 is 0 Å². The first-order valence-corrected chi connectivity index (χ1v) is 5.94. The van der Waals surface area contributed by atoms with E-state index in [1.807, 2.05) is 37.3 Å². The van der Waals surface area contributed by atoms with Crippen molar-refractivity contribution >= 4 is 5.91 Å². The maximum absolute atomic E-state index is 11.9. The van der Waals surface area contributed by atoms with Gasteiger partial charge < -0.3 is 5.32 Å². The predicted molar refractivity (Wildman–Crippen MR) is 75.9 cm³/mol. The Labute approximate surface area is 109 Å². The van der Waals surface area contributed by atoms with E-state index in [9.17, 15) is 4.79 Å². The summed E-state index contributed by atoms with van der Waals surface area (Å²) in [6.07, 6.45) is 5.25. The van der Waals surface area contributed by atoms with Gasteiger partial charge in [0.05, 0.1) is 5.92 Å². The smallest absolute Gasteiger partial charge is 0.227 e. The topological polar surface area (TPSA) is 29.1 Å². The van der Waals surface area contributed by atoms with Gasteiger partial charge in [-0.1, -0.05) is 61.7 Å². The van der Waals surface area contributed by atoms with Crippen LogP contribution in [0.15, 0.2) is 67.3 Å². The largest absolute Gasteiger partial charge is 0.352 e. The summed E-state index contributed by atoms with van der Waals surface area (Å²) in [5.74, 6) is -0.248. The minimum absolute atomic E-state index is 0.0161. The molecule has 0 aromatic heterocycles. The Morgan fingerprint density at radius 2 is 2.06 bits per heavy atom. The second kappa shape index (κ2) is 7.28. The number of allylic oxidation sites excluding steroid dienone is 3. The van der Waals surface area contributed by atoms with Crippen LogP contribution in [-0.2, 0) is 11.3 Å². The lowest BCUT2D eigenvalue weighted by Gasteiger charge is -2.12. The van der Waals surface area contributed by atoms with Crippen molar-refractivity contribution < 1.29 is 4.79 Å². The third-order valence-electron chi connectivity index (χ3n) is 2.71. The molecule has 0 fully saturated rings. The molecule has 0 saturated heterocycles. The van der Waals surface area contributed by atoms with Crippen molar-refractivity contribution in [1.82, 2.24) is 5.32 Å². The maximum atomic E-state index is 11.9. The highest BCUT2D eigenvalue weighted by molar-refractivity contribution is 5.81. The average molecular weight is 241 g/mol. The first-order valence-electron chi connectivity index (χ1n) is 5.94. The monoisotopic (exact) mass is 241 g/mol. The number of hydrogen-bond acceptors (Lipinski definition) is 1. The summed E-state index contributed by atoms with van der Waals surface area (Å²) in [7, 11) is 0. The SMILES string of the molecule is C=C/C=C\C(=C)C(C)C(=O)NCc1ccccc1. The molecule has 0 aliphatic carbocycles. The third-order valence-corrected chi connectivity index (χ3v) is 2.71. The fourth-order valence-electron chi connectivity index (χ4n) is 1.44. The van der Waals surface area contributed by atoms with Crippen molar-refractivity contribution in [2.45, 2.75) is 13.5 Å². The lowest BCUT2D eigenvalue weighted by Crippen LogP contribution is -2.29. The van der Waals surface area contributed by atoms with E-state index in [0.717, 1.165) is 11.1 Å². The van der Waals surface area contributed by atoms with Crippen molar-refractivity contribution in [1.29, 1.82) is 0 Å². The minimum Gasteiger partial charge on any atom is -0.352 e. The molecule has 1 N–H and O–H groups in total.